The average molecular weight is 502 g/mol. The Labute approximate surface area is 208 Å². The summed E-state index contributed by atoms with van der Waals surface area (Å²) >= 11 is 6.08. The van der Waals surface area contributed by atoms with Gasteiger partial charge in [-0.25, -0.2) is 4.79 Å². The number of likely N-dealkylation sites (tertiary alicyclic amines) is 1. The number of benzene rings is 1. The summed E-state index contributed by atoms with van der Waals surface area (Å²) in [5.74, 6) is -2.38. The van der Waals surface area contributed by atoms with Gasteiger partial charge in [-0.15, -0.1) is 0 Å². The fourth-order valence-corrected chi connectivity index (χ4v) is 4.85. The lowest BCUT2D eigenvalue weighted by molar-refractivity contribution is -0.140. The van der Waals surface area contributed by atoms with Gasteiger partial charge in [0.1, 0.15) is 11.5 Å². The maximum atomic E-state index is 13.3. The smallest absolute Gasteiger partial charge is 0.354 e. The molecule has 35 heavy (non-hydrogen) atoms. The van der Waals surface area contributed by atoms with Crippen LogP contribution in [0.2, 0.25) is 5.02 Å². The van der Waals surface area contributed by atoms with E-state index in [1.54, 1.807) is 38.1 Å². The zero-order valence-electron chi connectivity index (χ0n) is 19.9. The lowest BCUT2D eigenvalue weighted by atomic mass is 9.94. The summed E-state index contributed by atoms with van der Waals surface area (Å²) in [5, 5.41) is 11.9. The Bertz CT molecular complexity index is 1180. The molecule has 9 nitrogen and oxygen atoms in total. The molecular weight excluding hydrogens is 474 g/mol. The van der Waals surface area contributed by atoms with Crippen LogP contribution in [0, 0.1) is 13.8 Å². The quantitative estimate of drug-likeness (QED) is 0.271. The Kier molecular flexibility index (Phi) is 7.30. The number of aromatic nitrogens is 1. The Morgan fingerprint density at radius 2 is 1.83 bits per heavy atom. The SMILES string of the molecule is COC(=O)c1[nH]c(C)c(C(O)=C2C(=O)C(=O)N(CCN3CCOCC3)[C@H]2c2ccc(Cl)cc2)c1C. The summed E-state index contributed by atoms with van der Waals surface area (Å²) < 4.78 is 10.2. The van der Waals surface area contributed by atoms with Crippen molar-refractivity contribution in [3.63, 3.8) is 0 Å². The predicted molar refractivity (Wildman–Crippen MR) is 129 cm³/mol. The first-order chi connectivity index (χ1) is 16.7. The van der Waals surface area contributed by atoms with Crippen LogP contribution in [0.15, 0.2) is 29.8 Å². The summed E-state index contributed by atoms with van der Waals surface area (Å²) in [6.45, 7) is 6.92. The molecule has 1 amide bonds. The number of amides is 1. The average Bonchev–Trinajstić information content (AvgIpc) is 3.30. The number of methoxy groups -OCH3 is 1. The number of H-pyrrole nitrogens is 1. The highest BCUT2D eigenvalue weighted by molar-refractivity contribution is 6.46. The lowest BCUT2D eigenvalue weighted by Gasteiger charge is -2.31. The molecule has 1 atom stereocenters. The molecule has 1 aromatic heterocycles. The second kappa shape index (κ2) is 10.2. The number of nitrogens with one attached hydrogen (secondary N) is 1. The minimum Gasteiger partial charge on any atom is -0.507 e. The Balaban J connectivity index is 1.79. The van der Waals surface area contributed by atoms with Gasteiger partial charge in [-0.2, -0.15) is 0 Å². The number of aryl methyl sites for hydroxylation is 1. The highest BCUT2D eigenvalue weighted by Crippen LogP contribution is 2.41. The summed E-state index contributed by atoms with van der Waals surface area (Å²) in [7, 11) is 1.26. The monoisotopic (exact) mass is 501 g/mol. The van der Waals surface area contributed by atoms with E-state index in [1.807, 2.05) is 0 Å². The number of carbonyl (C=O) groups is 3. The Hall–Kier alpha value is -3.14. The standard InChI is InChI=1S/C25H28ClN3O6/c1-14-18(15(2)27-20(14)25(33)34-3)22(30)19-21(16-4-6-17(26)7-5-16)29(24(32)23(19)31)9-8-28-10-12-35-13-11-28/h4-7,21,27,30H,8-13H2,1-3H3/t21-/m0/s1. The van der Waals surface area contributed by atoms with Crippen LogP contribution in [0.4, 0.5) is 0 Å². The predicted octanol–water partition coefficient (Wildman–Crippen LogP) is 2.83. The van der Waals surface area contributed by atoms with Crippen molar-refractivity contribution < 1.29 is 29.0 Å². The van der Waals surface area contributed by atoms with Gasteiger partial charge in [-0.1, -0.05) is 23.7 Å². The van der Waals surface area contributed by atoms with E-state index in [0.29, 0.717) is 53.7 Å². The number of rotatable bonds is 6. The van der Waals surface area contributed by atoms with E-state index in [9.17, 15) is 19.5 Å². The molecule has 1 aromatic carbocycles. The van der Waals surface area contributed by atoms with Gasteiger partial charge in [0.25, 0.3) is 11.7 Å². The molecule has 0 aliphatic carbocycles. The summed E-state index contributed by atoms with van der Waals surface area (Å²) in [4.78, 5) is 45.2. The number of aliphatic hydroxyl groups is 1. The second-order valence-corrected chi connectivity index (χ2v) is 9.05. The van der Waals surface area contributed by atoms with Crippen LogP contribution in [0.3, 0.4) is 0 Å². The number of ether oxygens (including phenoxy) is 2. The van der Waals surface area contributed by atoms with Crippen molar-refractivity contribution in [1.29, 1.82) is 0 Å². The molecule has 2 fully saturated rings. The number of ketones is 1. The fourth-order valence-electron chi connectivity index (χ4n) is 4.72. The van der Waals surface area contributed by atoms with E-state index < -0.39 is 23.7 Å². The highest BCUT2D eigenvalue weighted by Gasteiger charge is 2.46. The molecule has 0 saturated carbocycles. The molecule has 0 radical (unpaired) electrons. The number of Topliss-reactive ketones (excluding diaryl/α,β-unsaturated/α-hetero) is 1. The van der Waals surface area contributed by atoms with Crippen molar-refractivity contribution in [2.75, 3.05) is 46.5 Å². The third-order valence-electron chi connectivity index (χ3n) is 6.55. The summed E-state index contributed by atoms with van der Waals surface area (Å²) in [5.41, 5.74) is 2.01. The van der Waals surface area contributed by atoms with Gasteiger partial charge in [-0.05, 0) is 37.1 Å². The van der Waals surface area contributed by atoms with E-state index in [2.05, 4.69) is 9.88 Å². The molecule has 0 spiro atoms. The largest absolute Gasteiger partial charge is 0.507 e. The van der Waals surface area contributed by atoms with Crippen molar-refractivity contribution in [2.45, 2.75) is 19.9 Å². The third-order valence-corrected chi connectivity index (χ3v) is 6.80. The van der Waals surface area contributed by atoms with Gasteiger partial charge in [0.2, 0.25) is 0 Å². The van der Waals surface area contributed by atoms with Crippen LogP contribution in [-0.4, -0.2) is 84.1 Å². The van der Waals surface area contributed by atoms with Gasteiger partial charge in [0.05, 0.1) is 31.9 Å². The van der Waals surface area contributed by atoms with Gasteiger partial charge in [0.15, 0.2) is 0 Å². The number of morpholine rings is 1. The van der Waals surface area contributed by atoms with Crippen molar-refractivity contribution in [2.24, 2.45) is 0 Å². The lowest BCUT2D eigenvalue weighted by Crippen LogP contribution is -2.42. The molecule has 2 aromatic rings. The molecule has 186 valence electrons. The molecule has 2 aliphatic heterocycles. The molecule has 0 unspecified atom stereocenters. The van der Waals surface area contributed by atoms with Gasteiger partial charge < -0.3 is 24.5 Å². The summed E-state index contributed by atoms with van der Waals surface area (Å²) in [6, 6.07) is 6.04. The van der Waals surface area contributed by atoms with E-state index in [4.69, 9.17) is 21.1 Å². The second-order valence-electron chi connectivity index (χ2n) is 8.61. The minimum atomic E-state index is -0.802. The van der Waals surface area contributed by atoms with Crippen molar-refractivity contribution >= 4 is 35.0 Å². The van der Waals surface area contributed by atoms with Crippen molar-refractivity contribution in [3.05, 3.63) is 62.9 Å². The first-order valence-corrected chi connectivity index (χ1v) is 11.7. The number of nitrogens with zero attached hydrogens (tertiary/aromatic N) is 2. The number of halogens is 1. The maximum Gasteiger partial charge on any atom is 0.354 e. The molecular formula is C25H28ClN3O6. The minimum absolute atomic E-state index is 0.0269. The van der Waals surface area contributed by atoms with Crippen LogP contribution in [0.5, 0.6) is 0 Å². The number of hydrogen-bond donors (Lipinski definition) is 2. The number of aromatic amines is 1. The van der Waals surface area contributed by atoms with Crippen LogP contribution >= 0.6 is 11.6 Å². The molecule has 0 bridgehead atoms. The van der Waals surface area contributed by atoms with E-state index >= 15 is 0 Å². The van der Waals surface area contributed by atoms with Crippen LogP contribution in [-0.2, 0) is 19.1 Å². The normalized spacial score (nSPS) is 20.5. The highest BCUT2D eigenvalue weighted by atomic mass is 35.5. The summed E-state index contributed by atoms with van der Waals surface area (Å²) in [6.07, 6.45) is 0. The van der Waals surface area contributed by atoms with Crippen molar-refractivity contribution in [3.8, 4) is 0 Å². The van der Waals surface area contributed by atoms with Gasteiger partial charge in [0, 0.05) is 42.5 Å². The van der Waals surface area contributed by atoms with Gasteiger partial charge in [-0.3, -0.25) is 14.5 Å². The zero-order valence-corrected chi connectivity index (χ0v) is 20.6. The van der Waals surface area contributed by atoms with Crippen molar-refractivity contribution in [1.82, 2.24) is 14.8 Å². The molecule has 4 rings (SSSR count). The zero-order chi connectivity index (χ0) is 25.3. The Morgan fingerprint density at radius 3 is 2.46 bits per heavy atom. The topological polar surface area (TPSA) is 112 Å². The first-order valence-electron chi connectivity index (χ1n) is 11.4. The number of esters is 1. The molecule has 2 aliphatic rings. The van der Waals surface area contributed by atoms with Gasteiger partial charge >= 0.3 is 5.97 Å². The van der Waals surface area contributed by atoms with Crippen LogP contribution < -0.4 is 0 Å². The maximum absolute atomic E-state index is 13.3. The molecule has 10 heteroatoms. The molecule has 2 saturated heterocycles. The number of carbonyl (C=O) groups excluding carboxylic acids is 3. The molecule has 3 heterocycles. The first kappa shape index (κ1) is 25.0. The van der Waals surface area contributed by atoms with E-state index in [-0.39, 0.29) is 17.0 Å². The van der Waals surface area contributed by atoms with Crippen LogP contribution in [0.25, 0.3) is 5.76 Å². The number of hydrogen-bond acceptors (Lipinski definition) is 7. The fraction of sp³-hybridized carbons (Fsp3) is 0.400. The third kappa shape index (κ3) is 4.71. The molecule has 2 N–H and O–H groups in total. The van der Waals surface area contributed by atoms with E-state index in [0.717, 1.165) is 13.1 Å². The number of aliphatic hydroxyl groups excluding tert-OH is 1. The Morgan fingerprint density at radius 1 is 1.17 bits per heavy atom. The van der Waals surface area contributed by atoms with Crippen LogP contribution in [0.1, 0.15) is 38.9 Å². The van der Waals surface area contributed by atoms with E-state index in [1.165, 1.54) is 12.0 Å².